The molecule has 0 fully saturated rings. The Bertz CT molecular complexity index is 5350. The Morgan fingerprint density at radius 3 is 0.740 bits per heavy atom. The van der Waals surface area contributed by atoms with Gasteiger partial charge in [0.05, 0.1) is 34.1 Å². The lowest BCUT2D eigenvalue weighted by Gasteiger charge is -2.62. The normalized spacial score (nSPS) is 15.4. The summed E-state index contributed by atoms with van der Waals surface area (Å²) in [4.78, 5) is 5.26. The molecule has 18 rings (SSSR count). The van der Waals surface area contributed by atoms with E-state index in [0.717, 1.165) is 78.6 Å². The molecule has 2 heteroatoms. The fourth-order valence-electron chi connectivity index (χ4n) is 18.7. The van der Waals surface area contributed by atoms with Gasteiger partial charge in [-0.05, 0) is 146 Å². The molecule has 0 amide bonds. The summed E-state index contributed by atoms with van der Waals surface area (Å²) in [5.41, 5.74) is 23.5. The van der Waals surface area contributed by atoms with Gasteiger partial charge in [0.2, 0.25) is 0 Å². The zero-order valence-electron chi connectivity index (χ0n) is 57.4. The lowest BCUT2D eigenvalue weighted by atomic mass is 9.39. The van der Waals surface area contributed by atoms with Gasteiger partial charge < -0.3 is 9.80 Å². The van der Waals surface area contributed by atoms with Crippen LogP contribution in [0.2, 0.25) is 0 Å². The van der Waals surface area contributed by atoms with Crippen LogP contribution in [0.1, 0.15) is 63.8 Å². The van der Waals surface area contributed by atoms with Gasteiger partial charge in [0.1, 0.15) is 0 Å². The molecule has 0 aliphatic heterocycles. The maximum absolute atomic E-state index is 2.72. The van der Waals surface area contributed by atoms with Crippen LogP contribution >= 0.6 is 0 Å². The molecule has 0 saturated carbocycles. The molecule has 0 bridgehead atoms. The largest absolute Gasteiger partial charge is 0.309 e. The molecule has 2 atom stereocenters. The molecule has 100 heavy (non-hydrogen) atoms. The number of hydrogen-bond donors (Lipinski definition) is 0. The van der Waals surface area contributed by atoms with Crippen LogP contribution in [0, 0.1) is 10.8 Å². The molecule has 0 radical (unpaired) electrons. The van der Waals surface area contributed by atoms with Crippen molar-refractivity contribution in [3.63, 3.8) is 0 Å². The van der Waals surface area contributed by atoms with E-state index in [2.05, 4.69) is 403 Å². The van der Waals surface area contributed by atoms with Crippen molar-refractivity contribution in [2.75, 3.05) is 9.80 Å². The smallest absolute Gasteiger partial charge is 0.0544 e. The van der Waals surface area contributed by atoms with E-state index in [1.807, 2.05) is 0 Å². The number of anilines is 6. The van der Waals surface area contributed by atoms with Gasteiger partial charge in [-0.1, -0.05) is 357 Å². The summed E-state index contributed by atoms with van der Waals surface area (Å²) < 4.78 is 0. The van der Waals surface area contributed by atoms with Crippen LogP contribution < -0.4 is 9.80 Å². The van der Waals surface area contributed by atoms with E-state index in [-0.39, 0.29) is 0 Å². The van der Waals surface area contributed by atoms with E-state index in [9.17, 15) is 0 Å². The summed E-state index contributed by atoms with van der Waals surface area (Å²) in [6.45, 7) is 15.5. The molecule has 2 aliphatic rings. The molecular formula is C98H76N2. The molecule has 16 aromatic rings. The third-order valence-electron chi connectivity index (χ3n) is 22.2. The molecule has 0 N–H and O–H groups in total. The van der Waals surface area contributed by atoms with Crippen LogP contribution in [0.4, 0.5) is 34.1 Å². The van der Waals surface area contributed by atoms with Crippen LogP contribution in [0.25, 0.3) is 110 Å². The summed E-state index contributed by atoms with van der Waals surface area (Å²) >= 11 is 0. The molecule has 16 aromatic carbocycles. The SMILES string of the molecule is CC(C)(C)C1(C2(C(C)(C)C)c3ccc4ccccc4c3-c3c2cc(N(c2ccccc2-c2ccccc2)c2ccccc2-c2ccccc2)c2ccccc32)c2ccc3ccccc3c2-c2c1cc(N(c1ccccc1-c1ccccc1)c1ccccc1-c1ccccc1)c1ccccc21. The van der Waals surface area contributed by atoms with Crippen molar-refractivity contribution >= 4 is 77.2 Å². The predicted molar refractivity (Wildman–Crippen MR) is 425 cm³/mol. The summed E-state index contributed by atoms with van der Waals surface area (Å²) in [6.07, 6.45) is 0. The molecule has 2 nitrogen and oxygen atoms in total. The maximum Gasteiger partial charge on any atom is 0.0544 e. The number of rotatable bonds is 11. The van der Waals surface area contributed by atoms with E-state index in [4.69, 9.17) is 0 Å². The predicted octanol–water partition coefficient (Wildman–Crippen LogP) is 27.2. The number of para-hydroxylation sites is 4. The Labute approximate surface area is 587 Å². The second-order valence-electron chi connectivity index (χ2n) is 29.3. The quantitative estimate of drug-likeness (QED) is 0.127. The van der Waals surface area contributed by atoms with Crippen molar-refractivity contribution in [1.82, 2.24) is 0 Å². The van der Waals surface area contributed by atoms with Crippen LogP contribution in [0.3, 0.4) is 0 Å². The Hall–Kier alpha value is -11.8. The average Bonchev–Trinajstić information content (AvgIpc) is 1.45. The highest BCUT2D eigenvalue weighted by atomic mass is 15.2. The van der Waals surface area contributed by atoms with Crippen molar-refractivity contribution in [3.8, 4) is 66.8 Å². The first-order valence-corrected chi connectivity index (χ1v) is 35.3. The minimum atomic E-state index is -0.869. The van der Waals surface area contributed by atoms with Gasteiger partial charge in [-0.25, -0.2) is 0 Å². The molecule has 0 saturated heterocycles. The Morgan fingerprint density at radius 2 is 0.440 bits per heavy atom. The molecule has 2 unspecified atom stereocenters. The highest BCUT2D eigenvalue weighted by molar-refractivity contribution is 6.20. The van der Waals surface area contributed by atoms with E-state index in [1.165, 1.54) is 87.6 Å². The minimum absolute atomic E-state index is 0.549. The van der Waals surface area contributed by atoms with Crippen molar-refractivity contribution in [2.24, 2.45) is 10.8 Å². The van der Waals surface area contributed by atoms with Crippen molar-refractivity contribution in [3.05, 3.63) is 374 Å². The van der Waals surface area contributed by atoms with Crippen molar-refractivity contribution in [1.29, 1.82) is 0 Å². The highest BCUT2D eigenvalue weighted by Gasteiger charge is 2.71. The Morgan fingerprint density at radius 1 is 0.200 bits per heavy atom. The van der Waals surface area contributed by atoms with Gasteiger partial charge in [0.15, 0.2) is 0 Å². The fraction of sp³-hybridized carbons (Fsp3) is 0.102. The van der Waals surface area contributed by atoms with Crippen LogP contribution in [0.5, 0.6) is 0 Å². The number of benzene rings is 16. The Balaban J connectivity index is 1.06. The van der Waals surface area contributed by atoms with Crippen LogP contribution in [-0.4, -0.2) is 0 Å². The van der Waals surface area contributed by atoms with E-state index in [1.54, 1.807) is 0 Å². The summed E-state index contributed by atoms with van der Waals surface area (Å²) in [6, 6.07) is 133. The monoisotopic (exact) mass is 1280 g/mol. The second-order valence-corrected chi connectivity index (χ2v) is 29.3. The van der Waals surface area contributed by atoms with Gasteiger partial charge in [0, 0.05) is 43.9 Å². The molecule has 478 valence electrons. The van der Waals surface area contributed by atoms with Crippen molar-refractivity contribution in [2.45, 2.75) is 52.4 Å². The maximum atomic E-state index is 2.72. The number of fused-ring (bicyclic) bond motifs is 14. The first-order valence-electron chi connectivity index (χ1n) is 35.3. The number of hydrogen-bond acceptors (Lipinski definition) is 2. The lowest BCUT2D eigenvalue weighted by Crippen LogP contribution is -2.62. The van der Waals surface area contributed by atoms with E-state index in [0.29, 0.717) is 0 Å². The van der Waals surface area contributed by atoms with Gasteiger partial charge in [-0.3, -0.25) is 0 Å². The van der Waals surface area contributed by atoms with E-state index >= 15 is 0 Å². The van der Waals surface area contributed by atoms with Gasteiger partial charge in [-0.2, -0.15) is 0 Å². The van der Waals surface area contributed by atoms with Crippen LogP contribution in [-0.2, 0) is 10.8 Å². The van der Waals surface area contributed by atoms with E-state index < -0.39 is 21.7 Å². The summed E-state index contributed by atoms with van der Waals surface area (Å²) in [5.74, 6) is 0. The van der Waals surface area contributed by atoms with Gasteiger partial charge in [0.25, 0.3) is 0 Å². The third-order valence-corrected chi connectivity index (χ3v) is 22.2. The number of nitrogens with zero attached hydrogens (tertiary/aromatic N) is 2. The van der Waals surface area contributed by atoms with Crippen molar-refractivity contribution < 1.29 is 0 Å². The molecule has 2 aliphatic carbocycles. The second kappa shape index (κ2) is 23.4. The zero-order valence-corrected chi connectivity index (χ0v) is 57.4. The first-order chi connectivity index (χ1) is 49.0. The Kier molecular flexibility index (Phi) is 14.2. The van der Waals surface area contributed by atoms with Gasteiger partial charge in [-0.15, -0.1) is 0 Å². The summed E-state index contributed by atoms with van der Waals surface area (Å²) in [5, 5.41) is 9.76. The fourth-order valence-corrected chi connectivity index (χ4v) is 18.7. The topological polar surface area (TPSA) is 6.48 Å². The van der Waals surface area contributed by atoms with Gasteiger partial charge >= 0.3 is 0 Å². The summed E-state index contributed by atoms with van der Waals surface area (Å²) in [7, 11) is 0. The lowest BCUT2D eigenvalue weighted by molar-refractivity contribution is 0.0596. The molecular weight excluding hydrogens is 1210 g/mol. The molecule has 0 spiro atoms. The zero-order chi connectivity index (χ0) is 67.5. The van der Waals surface area contributed by atoms with Crippen LogP contribution in [0.15, 0.2) is 352 Å². The third kappa shape index (κ3) is 8.89. The molecule has 0 heterocycles. The first kappa shape index (κ1) is 60.6. The standard InChI is InChI=1S/C98H76N2/c1-95(2,3)97(81-61-59-69-43-19-21-49-75(69)91(81)93-79-53-25-23-51-77(79)89(63-83(93)97)99(85-55-31-27-45-71(85)65-35-11-7-12-36-65)86-56-32-28-46-72(86)66-37-13-8-14-38-66)98(96(4,5)6)82-62-60-70-44-20-22-50-76(70)92(82)94-80-54-26-24-52-78(80)90(64-84(94)98)100(87-57-33-29-47-73(87)67-39-15-9-16-40-67)88-58-34-30-48-74(88)68-41-17-10-18-42-68/h7-64H,1-6H3. The molecule has 0 aromatic heterocycles. The minimum Gasteiger partial charge on any atom is -0.309 e. The average molecular weight is 1280 g/mol. The highest BCUT2D eigenvalue weighted by Crippen LogP contribution is 2.77.